The molecule has 1 fully saturated rings. The summed E-state index contributed by atoms with van der Waals surface area (Å²) in [4.78, 5) is 11.8. The van der Waals surface area contributed by atoms with Gasteiger partial charge >= 0.3 is 0 Å². The number of aryl methyl sites for hydroxylation is 1. The average Bonchev–Trinajstić information content (AvgIpc) is 2.42. The van der Waals surface area contributed by atoms with E-state index in [0.717, 1.165) is 17.3 Å². The Morgan fingerprint density at radius 1 is 1.67 bits per heavy atom. The smallest absolute Gasteiger partial charge is 0.268 e. The van der Waals surface area contributed by atoms with Gasteiger partial charge in [0.25, 0.3) is 5.91 Å². The number of rotatable bonds is 2. The highest BCUT2D eigenvalue weighted by Crippen LogP contribution is 2.19. The van der Waals surface area contributed by atoms with E-state index < -0.39 is 0 Å². The molecule has 82 valence electrons. The standard InChI is InChI=1S/C10H14BrN3O/c1-14-5-6(11)2-9(14)10(15)13-8-3-7(12)4-8/h2,5,7-8H,3-4,12H2,1H3,(H,13,15). The van der Waals surface area contributed by atoms with E-state index in [9.17, 15) is 4.79 Å². The van der Waals surface area contributed by atoms with E-state index in [1.54, 1.807) is 4.57 Å². The lowest BCUT2D eigenvalue weighted by molar-refractivity contribution is 0.0902. The molecule has 3 N–H and O–H groups in total. The normalized spacial score (nSPS) is 24.7. The number of hydrogen-bond acceptors (Lipinski definition) is 2. The highest BCUT2D eigenvalue weighted by molar-refractivity contribution is 9.10. The van der Waals surface area contributed by atoms with E-state index in [-0.39, 0.29) is 18.0 Å². The Balaban J connectivity index is 1.99. The van der Waals surface area contributed by atoms with E-state index in [1.807, 2.05) is 19.3 Å². The fourth-order valence-electron chi connectivity index (χ4n) is 1.79. The van der Waals surface area contributed by atoms with Crippen LogP contribution in [-0.2, 0) is 7.05 Å². The minimum atomic E-state index is -0.0277. The van der Waals surface area contributed by atoms with Crippen molar-refractivity contribution in [1.82, 2.24) is 9.88 Å². The summed E-state index contributed by atoms with van der Waals surface area (Å²) in [6.45, 7) is 0. The Hall–Kier alpha value is -0.810. The molecule has 0 saturated heterocycles. The predicted molar refractivity (Wildman–Crippen MR) is 61.6 cm³/mol. The number of aromatic nitrogens is 1. The van der Waals surface area contributed by atoms with Gasteiger partial charge in [0.2, 0.25) is 0 Å². The Bertz CT molecular complexity index is 382. The summed E-state index contributed by atoms with van der Waals surface area (Å²) in [5.74, 6) is -0.0277. The first-order valence-corrected chi connectivity index (χ1v) is 5.74. The minimum Gasteiger partial charge on any atom is -0.348 e. The van der Waals surface area contributed by atoms with E-state index >= 15 is 0 Å². The second-order valence-electron chi connectivity index (χ2n) is 4.06. The van der Waals surface area contributed by atoms with Gasteiger partial charge in [-0.15, -0.1) is 0 Å². The number of nitrogens with zero attached hydrogens (tertiary/aromatic N) is 1. The second-order valence-corrected chi connectivity index (χ2v) is 4.97. The molecule has 0 spiro atoms. The zero-order valence-electron chi connectivity index (χ0n) is 8.53. The van der Waals surface area contributed by atoms with Crippen LogP contribution in [0, 0.1) is 0 Å². The van der Waals surface area contributed by atoms with Crippen molar-refractivity contribution in [2.75, 3.05) is 0 Å². The zero-order valence-corrected chi connectivity index (χ0v) is 10.1. The third-order valence-corrected chi connectivity index (χ3v) is 3.15. The Morgan fingerprint density at radius 2 is 2.33 bits per heavy atom. The molecular weight excluding hydrogens is 258 g/mol. The highest BCUT2D eigenvalue weighted by Gasteiger charge is 2.27. The number of carbonyl (C=O) groups is 1. The third-order valence-electron chi connectivity index (χ3n) is 2.71. The van der Waals surface area contributed by atoms with Gasteiger partial charge in [0.15, 0.2) is 0 Å². The van der Waals surface area contributed by atoms with Crippen molar-refractivity contribution >= 4 is 21.8 Å². The van der Waals surface area contributed by atoms with Crippen molar-refractivity contribution in [3.8, 4) is 0 Å². The molecule has 0 unspecified atom stereocenters. The predicted octanol–water partition coefficient (Wildman–Crippen LogP) is 1.01. The molecule has 0 atom stereocenters. The molecule has 1 saturated carbocycles. The van der Waals surface area contributed by atoms with E-state index in [1.165, 1.54) is 0 Å². The first-order chi connectivity index (χ1) is 7.06. The maximum Gasteiger partial charge on any atom is 0.268 e. The van der Waals surface area contributed by atoms with Gasteiger partial charge in [0, 0.05) is 29.8 Å². The number of nitrogens with one attached hydrogen (secondary N) is 1. The summed E-state index contributed by atoms with van der Waals surface area (Å²) in [7, 11) is 1.85. The van der Waals surface area contributed by atoms with Crippen molar-refractivity contribution < 1.29 is 4.79 Å². The van der Waals surface area contributed by atoms with Crippen LogP contribution in [-0.4, -0.2) is 22.6 Å². The maximum absolute atomic E-state index is 11.8. The van der Waals surface area contributed by atoms with Crippen LogP contribution in [0.2, 0.25) is 0 Å². The molecule has 0 radical (unpaired) electrons. The van der Waals surface area contributed by atoms with Crippen molar-refractivity contribution in [2.45, 2.75) is 24.9 Å². The largest absolute Gasteiger partial charge is 0.348 e. The summed E-state index contributed by atoms with van der Waals surface area (Å²) in [6.07, 6.45) is 3.64. The summed E-state index contributed by atoms with van der Waals surface area (Å²) < 4.78 is 2.72. The number of hydrogen-bond donors (Lipinski definition) is 2. The van der Waals surface area contributed by atoms with Crippen LogP contribution in [0.15, 0.2) is 16.7 Å². The summed E-state index contributed by atoms with van der Waals surface area (Å²) in [5, 5.41) is 2.96. The Labute approximate surface area is 97.0 Å². The average molecular weight is 272 g/mol. The molecule has 4 nitrogen and oxygen atoms in total. The van der Waals surface area contributed by atoms with Crippen molar-refractivity contribution in [2.24, 2.45) is 12.8 Å². The van der Waals surface area contributed by atoms with E-state index in [4.69, 9.17) is 5.73 Å². The molecule has 1 aromatic heterocycles. The fourth-order valence-corrected chi connectivity index (χ4v) is 2.31. The van der Waals surface area contributed by atoms with Crippen LogP contribution in [0.25, 0.3) is 0 Å². The van der Waals surface area contributed by atoms with Crippen LogP contribution in [0.5, 0.6) is 0 Å². The molecule has 0 aromatic carbocycles. The van der Waals surface area contributed by atoms with Crippen LogP contribution in [0.3, 0.4) is 0 Å². The summed E-state index contributed by atoms with van der Waals surface area (Å²) in [6, 6.07) is 2.32. The number of amides is 1. The van der Waals surface area contributed by atoms with E-state index in [2.05, 4.69) is 21.2 Å². The fraction of sp³-hybridized carbons (Fsp3) is 0.500. The molecule has 1 heterocycles. The Morgan fingerprint density at radius 3 is 2.80 bits per heavy atom. The van der Waals surface area contributed by atoms with Crippen molar-refractivity contribution in [1.29, 1.82) is 0 Å². The quantitative estimate of drug-likeness (QED) is 0.844. The number of carbonyl (C=O) groups excluding carboxylic acids is 1. The van der Waals surface area contributed by atoms with Gasteiger partial charge in [0.1, 0.15) is 5.69 Å². The van der Waals surface area contributed by atoms with Crippen LogP contribution in [0.1, 0.15) is 23.3 Å². The topological polar surface area (TPSA) is 60.0 Å². The lowest BCUT2D eigenvalue weighted by Crippen LogP contribution is -2.50. The zero-order chi connectivity index (χ0) is 11.0. The second kappa shape index (κ2) is 3.98. The number of halogens is 1. The molecule has 1 aliphatic carbocycles. The monoisotopic (exact) mass is 271 g/mol. The van der Waals surface area contributed by atoms with Gasteiger partial charge in [-0.3, -0.25) is 4.79 Å². The molecule has 5 heteroatoms. The van der Waals surface area contributed by atoms with E-state index in [0.29, 0.717) is 5.69 Å². The molecule has 2 rings (SSSR count). The molecular formula is C10H14BrN3O. The summed E-state index contributed by atoms with van der Waals surface area (Å²) >= 11 is 3.34. The molecule has 0 aliphatic heterocycles. The molecule has 15 heavy (non-hydrogen) atoms. The third kappa shape index (κ3) is 2.23. The van der Waals surface area contributed by atoms with Gasteiger partial charge in [-0.25, -0.2) is 0 Å². The minimum absolute atomic E-state index is 0.0277. The number of nitrogens with two attached hydrogens (primary N) is 1. The van der Waals surface area contributed by atoms with Gasteiger partial charge in [0.05, 0.1) is 0 Å². The first-order valence-electron chi connectivity index (χ1n) is 4.94. The van der Waals surface area contributed by atoms with Gasteiger partial charge < -0.3 is 15.6 Å². The molecule has 0 bridgehead atoms. The summed E-state index contributed by atoms with van der Waals surface area (Å²) in [5.41, 5.74) is 6.32. The van der Waals surface area contributed by atoms with Crippen molar-refractivity contribution in [3.63, 3.8) is 0 Å². The van der Waals surface area contributed by atoms with Crippen molar-refractivity contribution in [3.05, 3.63) is 22.4 Å². The molecule has 1 aliphatic rings. The van der Waals surface area contributed by atoms with Gasteiger partial charge in [-0.1, -0.05) is 0 Å². The highest BCUT2D eigenvalue weighted by atomic mass is 79.9. The van der Waals surface area contributed by atoms with Gasteiger partial charge in [-0.2, -0.15) is 0 Å². The maximum atomic E-state index is 11.8. The molecule has 1 amide bonds. The SMILES string of the molecule is Cn1cc(Br)cc1C(=O)NC1CC(N)C1. The lowest BCUT2D eigenvalue weighted by Gasteiger charge is -2.32. The first kappa shape index (κ1) is 10.7. The lowest BCUT2D eigenvalue weighted by atomic mass is 9.87. The van der Waals surface area contributed by atoms with Crippen LogP contribution >= 0.6 is 15.9 Å². The Kier molecular flexibility index (Phi) is 2.84. The van der Waals surface area contributed by atoms with Crippen LogP contribution in [0.4, 0.5) is 0 Å². The van der Waals surface area contributed by atoms with Gasteiger partial charge in [-0.05, 0) is 34.8 Å². The molecule has 1 aromatic rings. The van der Waals surface area contributed by atoms with Crippen LogP contribution < -0.4 is 11.1 Å².